The van der Waals surface area contributed by atoms with Crippen molar-refractivity contribution in [2.24, 2.45) is 5.92 Å². The molecule has 1 fully saturated rings. The summed E-state index contributed by atoms with van der Waals surface area (Å²) >= 11 is 0. The van der Waals surface area contributed by atoms with Crippen molar-refractivity contribution in [2.45, 2.75) is 32.7 Å². The molecule has 1 saturated heterocycles. The van der Waals surface area contributed by atoms with E-state index < -0.39 is 0 Å². The van der Waals surface area contributed by atoms with E-state index in [1.807, 2.05) is 12.1 Å². The minimum atomic E-state index is 0.924. The van der Waals surface area contributed by atoms with Crippen molar-refractivity contribution in [3.05, 3.63) is 29.8 Å². The monoisotopic (exact) mass is 276 g/mol. The zero-order valence-corrected chi connectivity index (χ0v) is 12.9. The summed E-state index contributed by atoms with van der Waals surface area (Å²) in [7, 11) is 1.70. The number of nitrogens with one attached hydrogen (secondary N) is 1. The first-order chi connectivity index (χ1) is 9.78. The van der Waals surface area contributed by atoms with Gasteiger partial charge in [0.15, 0.2) is 0 Å². The second-order valence-electron chi connectivity index (χ2n) is 5.90. The standard InChI is InChI=1S/C17H28N2O/c1-15-8-12-19(13-9-15)11-3-10-18-14-16-4-6-17(20-2)7-5-16/h4-7,15,18H,3,8-14H2,1-2H3. The first-order valence-electron chi connectivity index (χ1n) is 7.84. The fourth-order valence-electron chi connectivity index (χ4n) is 2.69. The molecule has 2 rings (SSSR count). The van der Waals surface area contributed by atoms with Gasteiger partial charge in [-0.2, -0.15) is 0 Å². The third kappa shape index (κ3) is 5.14. The van der Waals surface area contributed by atoms with Gasteiger partial charge in [0.05, 0.1) is 7.11 Å². The Morgan fingerprint density at radius 3 is 2.55 bits per heavy atom. The molecule has 0 amide bonds. The molecule has 0 aliphatic carbocycles. The van der Waals surface area contributed by atoms with E-state index in [4.69, 9.17) is 4.74 Å². The van der Waals surface area contributed by atoms with Crippen molar-refractivity contribution in [3.63, 3.8) is 0 Å². The summed E-state index contributed by atoms with van der Waals surface area (Å²) in [5.74, 6) is 1.85. The van der Waals surface area contributed by atoms with Gasteiger partial charge in [-0.25, -0.2) is 0 Å². The smallest absolute Gasteiger partial charge is 0.118 e. The molecule has 112 valence electrons. The topological polar surface area (TPSA) is 24.5 Å². The van der Waals surface area contributed by atoms with Gasteiger partial charge >= 0.3 is 0 Å². The SMILES string of the molecule is COc1ccc(CNCCCN2CCC(C)CC2)cc1. The average molecular weight is 276 g/mol. The maximum absolute atomic E-state index is 5.16. The molecule has 0 aromatic heterocycles. The van der Waals surface area contributed by atoms with E-state index in [-0.39, 0.29) is 0 Å². The fraction of sp³-hybridized carbons (Fsp3) is 0.647. The highest BCUT2D eigenvalue weighted by atomic mass is 16.5. The van der Waals surface area contributed by atoms with Crippen molar-refractivity contribution in [3.8, 4) is 5.75 Å². The quantitative estimate of drug-likeness (QED) is 0.775. The zero-order chi connectivity index (χ0) is 14.2. The average Bonchev–Trinajstić information content (AvgIpc) is 2.49. The number of benzene rings is 1. The second-order valence-corrected chi connectivity index (χ2v) is 5.90. The molecule has 1 aliphatic heterocycles. The number of nitrogens with zero attached hydrogens (tertiary/aromatic N) is 1. The highest BCUT2D eigenvalue weighted by Crippen LogP contribution is 2.15. The van der Waals surface area contributed by atoms with Crippen LogP contribution in [-0.4, -0.2) is 38.2 Å². The van der Waals surface area contributed by atoms with Crippen LogP contribution in [0.5, 0.6) is 5.75 Å². The van der Waals surface area contributed by atoms with E-state index in [1.54, 1.807) is 7.11 Å². The molecule has 0 saturated carbocycles. The van der Waals surface area contributed by atoms with Crippen LogP contribution in [0.15, 0.2) is 24.3 Å². The van der Waals surface area contributed by atoms with E-state index in [9.17, 15) is 0 Å². The molecule has 0 radical (unpaired) electrons. The minimum absolute atomic E-state index is 0.924. The minimum Gasteiger partial charge on any atom is -0.497 e. The number of methoxy groups -OCH3 is 1. The normalized spacial score (nSPS) is 17.3. The Bertz CT molecular complexity index is 369. The third-order valence-corrected chi connectivity index (χ3v) is 4.19. The van der Waals surface area contributed by atoms with Crippen LogP contribution in [0.3, 0.4) is 0 Å². The van der Waals surface area contributed by atoms with Crippen molar-refractivity contribution >= 4 is 0 Å². The van der Waals surface area contributed by atoms with Crippen molar-refractivity contribution in [2.75, 3.05) is 33.3 Å². The van der Waals surface area contributed by atoms with Gasteiger partial charge in [0.2, 0.25) is 0 Å². The number of hydrogen-bond acceptors (Lipinski definition) is 3. The van der Waals surface area contributed by atoms with Gasteiger partial charge in [-0.3, -0.25) is 0 Å². The summed E-state index contributed by atoms with van der Waals surface area (Å²) in [6, 6.07) is 8.29. The van der Waals surface area contributed by atoms with Gasteiger partial charge < -0.3 is 15.0 Å². The van der Waals surface area contributed by atoms with Crippen LogP contribution in [0.2, 0.25) is 0 Å². The third-order valence-electron chi connectivity index (χ3n) is 4.19. The van der Waals surface area contributed by atoms with Crippen molar-refractivity contribution in [1.82, 2.24) is 10.2 Å². The molecular formula is C17H28N2O. The van der Waals surface area contributed by atoms with Gasteiger partial charge in [-0.1, -0.05) is 19.1 Å². The van der Waals surface area contributed by atoms with E-state index in [0.717, 1.165) is 24.8 Å². The Kier molecular flexibility index (Phi) is 6.34. The highest BCUT2D eigenvalue weighted by molar-refractivity contribution is 5.26. The molecule has 0 spiro atoms. The van der Waals surface area contributed by atoms with E-state index in [2.05, 4.69) is 29.3 Å². The van der Waals surface area contributed by atoms with Gasteiger partial charge in [0.1, 0.15) is 5.75 Å². The molecule has 0 unspecified atom stereocenters. The first-order valence-corrected chi connectivity index (χ1v) is 7.84. The molecule has 1 N–H and O–H groups in total. The largest absolute Gasteiger partial charge is 0.497 e. The molecule has 1 aromatic carbocycles. The molecule has 20 heavy (non-hydrogen) atoms. The summed E-state index contributed by atoms with van der Waals surface area (Å²) in [6.07, 6.45) is 3.99. The summed E-state index contributed by atoms with van der Waals surface area (Å²) < 4.78 is 5.16. The molecule has 0 atom stereocenters. The van der Waals surface area contributed by atoms with Crippen LogP contribution in [0, 0.1) is 5.92 Å². The van der Waals surface area contributed by atoms with Gasteiger partial charge in [-0.05, 0) is 69.1 Å². The molecule has 0 bridgehead atoms. The lowest BCUT2D eigenvalue weighted by Gasteiger charge is -2.30. The van der Waals surface area contributed by atoms with Crippen molar-refractivity contribution in [1.29, 1.82) is 0 Å². The fourth-order valence-corrected chi connectivity index (χ4v) is 2.69. The Morgan fingerprint density at radius 2 is 1.90 bits per heavy atom. The van der Waals surface area contributed by atoms with Gasteiger partial charge in [0, 0.05) is 6.54 Å². The summed E-state index contributed by atoms with van der Waals surface area (Å²) in [5.41, 5.74) is 1.32. The van der Waals surface area contributed by atoms with E-state index >= 15 is 0 Å². The predicted octanol–water partition coefficient (Wildman–Crippen LogP) is 2.91. The maximum atomic E-state index is 5.16. The van der Waals surface area contributed by atoms with Crippen LogP contribution in [0.4, 0.5) is 0 Å². The second kappa shape index (κ2) is 8.28. The Morgan fingerprint density at radius 1 is 1.20 bits per heavy atom. The lowest BCUT2D eigenvalue weighted by Crippen LogP contribution is -2.34. The Balaban J connectivity index is 1.55. The Hall–Kier alpha value is -1.06. The van der Waals surface area contributed by atoms with Crippen LogP contribution >= 0.6 is 0 Å². The highest BCUT2D eigenvalue weighted by Gasteiger charge is 2.14. The predicted molar refractivity (Wildman–Crippen MR) is 84.2 cm³/mol. The number of piperidine rings is 1. The number of likely N-dealkylation sites (tertiary alicyclic amines) is 1. The molecule has 3 heteroatoms. The molecule has 1 aromatic rings. The van der Waals surface area contributed by atoms with Crippen LogP contribution in [0.1, 0.15) is 31.7 Å². The number of ether oxygens (including phenoxy) is 1. The van der Waals surface area contributed by atoms with E-state index in [1.165, 1.54) is 44.5 Å². The molecular weight excluding hydrogens is 248 g/mol. The Labute approximate surface area is 123 Å². The molecule has 3 nitrogen and oxygen atoms in total. The van der Waals surface area contributed by atoms with Gasteiger partial charge in [-0.15, -0.1) is 0 Å². The van der Waals surface area contributed by atoms with Crippen LogP contribution < -0.4 is 10.1 Å². The van der Waals surface area contributed by atoms with Gasteiger partial charge in [0.25, 0.3) is 0 Å². The molecule has 1 aliphatic rings. The lowest BCUT2D eigenvalue weighted by molar-refractivity contribution is 0.190. The molecule has 1 heterocycles. The van der Waals surface area contributed by atoms with Crippen LogP contribution in [-0.2, 0) is 6.54 Å². The first kappa shape index (κ1) is 15.3. The number of rotatable bonds is 7. The maximum Gasteiger partial charge on any atom is 0.118 e. The lowest BCUT2D eigenvalue weighted by atomic mass is 9.99. The summed E-state index contributed by atoms with van der Waals surface area (Å²) in [4.78, 5) is 2.61. The van der Waals surface area contributed by atoms with E-state index in [0.29, 0.717) is 0 Å². The summed E-state index contributed by atoms with van der Waals surface area (Å²) in [6.45, 7) is 8.23. The van der Waals surface area contributed by atoms with Crippen LogP contribution in [0.25, 0.3) is 0 Å². The summed E-state index contributed by atoms with van der Waals surface area (Å²) in [5, 5.41) is 3.52. The zero-order valence-electron chi connectivity index (χ0n) is 12.9. The van der Waals surface area contributed by atoms with Crippen molar-refractivity contribution < 1.29 is 4.74 Å². The number of hydrogen-bond donors (Lipinski definition) is 1.